The molecule has 0 saturated heterocycles. The van der Waals surface area contributed by atoms with Crippen LogP contribution in [-0.2, 0) is 22.4 Å². The zero-order valence-corrected chi connectivity index (χ0v) is 15.9. The number of nitrogens with one attached hydrogen (secondary N) is 1. The zero-order valence-electron chi connectivity index (χ0n) is 15.9. The number of ketones is 1. The summed E-state index contributed by atoms with van der Waals surface area (Å²) < 4.78 is 5.55. The lowest BCUT2D eigenvalue weighted by molar-refractivity contribution is -0.134. The van der Waals surface area contributed by atoms with Crippen LogP contribution in [-0.4, -0.2) is 16.7 Å². The van der Waals surface area contributed by atoms with Crippen molar-refractivity contribution in [1.29, 1.82) is 0 Å². The summed E-state index contributed by atoms with van der Waals surface area (Å²) in [6.07, 6.45) is 1.57. The molecule has 0 bridgehead atoms. The minimum absolute atomic E-state index is 0.159. The van der Waals surface area contributed by atoms with E-state index in [2.05, 4.69) is 24.1 Å². The molecule has 140 valence electrons. The smallest absolute Gasteiger partial charge is 0.292 e. The molecule has 1 heterocycles. The SMILES string of the molecule is CCc1cccc([C@@H](C)CC)c1NC(=O)C(=O)Cc1nc2ccccc2o1. The molecule has 0 aliphatic heterocycles. The monoisotopic (exact) mass is 364 g/mol. The maximum absolute atomic E-state index is 12.5. The highest BCUT2D eigenvalue weighted by molar-refractivity contribution is 6.41. The number of rotatable bonds is 7. The number of aryl methyl sites for hydroxylation is 1. The van der Waals surface area contributed by atoms with E-state index in [4.69, 9.17) is 4.42 Å². The van der Waals surface area contributed by atoms with Crippen LogP contribution in [0.1, 0.15) is 50.1 Å². The van der Waals surface area contributed by atoms with Gasteiger partial charge in [0.2, 0.25) is 11.7 Å². The number of fused-ring (bicyclic) bond motifs is 1. The van der Waals surface area contributed by atoms with Gasteiger partial charge in [-0.2, -0.15) is 0 Å². The molecular formula is C22H24N2O3. The Bertz CT molecular complexity index is 942. The van der Waals surface area contributed by atoms with E-state index in [0.29, 0.717) is 17.0 Å². The Balaban J connectivity index is 1.79. The van der Waals surface area contributed by atoms with Gasteiger partial charge in [0.15, 0.2) is 5.58 Å². The van der Waals surface area contributed by atoms with Gasteiger partial charge >= 0.3 is 0 Å². The number of para-hydroxylation sites is 3. The first-order chi connectivity index (χ1) is 13.0. The van der Waals surface area contributed by atoms with E-state index in [-0.39, 0.29) is 12.3 Å². The van der Waals surface area contributed by atoms with Gasteiger partial charge in [0.25, 0.3) is 5.91 Å². The highest BCUT2D eigenvalue weighted by Gasteiger charge is 2.21. The third-order valence-electron chi connectivity index (χ3n) is 4.85. The molecule has 5 nitrogen and oxygen atoms in total. The van der Waals surface area contributed by atoms with Crippen LogP contribution in [0.2, 0.25) is 0 Å². The number of nitrogens with zero attached hydrogens (tertiary/aromatic N) is 1. The van der Waals surface area contributed by atoms with Crippen molar-refractivity contribution in [3.8, 4) is 0 Å². The highest BCUT2D eigenvalue weighted by atomic mass is 16.3. The number of hydrogen-bond acceptors (Lipinski definition) is 4. The molecule has 0 saturated carbocycles. The number of aromatic nitrogens is 1. The fraction of sp³-hybridized carbons (Fsp3) is 0.318. The molecule has 1 atom stereocenters. The summed E-state index contributed by atoms with van der Waals surface area (Å²) in [6, 6.07) is 13.3. The summed E-state index contributed by atoms with van der Waals surface area (Å²) >= 11 is 0. The Morgan fingerprint density at radius 3 is 2.59 bits per heavy atom. The molecule has 1 amide bonds. The van der Waals surface area contributed by atoms with Crippen LogP contribution in [0.25, 0.3) is 11.1 Å². The number of hydrogen-bond donors (Lipinski definition) is 1. The Kier molecular flexibility index (Phi) is 5.69. The summed E-state index contributed by atoms with van der Waals surface area (Å²) in [4.78, 5) is 29.2. The topological polar surface area (TPSA) is 72.2 Å². The first kappa shape index (κ1) is 18.8. The molecule has 0 spiro atoms. The average Bonchev–Trinajstić information content (AvgIpc) is 3.09. The molecular weight excluding hydrogens is 340 g/mol. The summed E-state index contributed by atoms with van der Waals surface area (Å²) in [5.41, 5.74) is 4.12. The zero-order chi connectivity index (χ0) is 19.4. The van der Waals surface area contributed by atoms with Crippen LogP contribution in [0.3, 0.4) is 0 Å². The van der Waals surface area contributed by atoms with Crippen molar-refractivity contribution in [3.63, 3.8) is 0 Å². The van der Waals surface area contributed by atoms with Crippen LogP contribution in [0.15, 0.2) is 46.9 Å². The van der Waals surface area contributed by atoms with Crippen molar-refractivity contribution in [2.24, 2.45) is 0 Å². The van der Waals surface area contributed by atoms with Crippen molar-refractivity contribution < 1.29 is 14.0 Å². The predicted molar refractivity (Wildman–Crippen MR) is 106 cm³/mol. The highest BCUT2D eigenvalue weighted by Crippen LogP contribution is 2.30. The van der Waals surface area contributed by atoms with Crippen molar-refractivity contribution in [2.75, 3.05) is 5.32 Å². The Hall–Kier alpha value is -2.95. The fourth-order valence-corrected chi connectivity index (χ4v) is 3.09. The second-order valence-electron chi connectivity index (χ2n) is 6.67. The first-order valence-electron chi connectivity index (χ1n) is 9.33. The number of Topliss-reactive ketones (excluding diaryl/α,β-unsaturated/α-hetero) is 1. The number of carbonyl (C=O) groups excluding carboxylic acids is 2. The predicted octanol–water partition coefficient (Wildman–Crippen LogP) is 4.65. The van der Waals surface area contributed by atoms with Gasteiger partial charge in [-0.1, -0.05) is 51.1 Å². The van der Waals surface area contributed by atoms with Crippen LogP contribution < -0.4 is 5.32 Å². The summed E-state index contributed by atoms with van der Waals surface area (Å²) in [6.45, 7) is 6.25. The lowest BCUT2D eigenvalue weighted by atomic mass is 9.93. The second-order valence-corrected chi connectivity index (χ2v) is 6.67. The molecule has 1 aromatic heterocycles. The molecule has 0 unspecified atom stereocenters. The fourth-order valence-electron chi connectivity index (χ4n) is 3.09. The van der Waals surface area contributed by atoms with E-state index in [1.807, 2.05) is 43.3 Å². The van der Waals surface area contributed by atoms with Crippen molar-refractivity contribution in [3.05, 3.63) is 59.5 Å². The van der Waals surface area contributed by atoms with Gasteiger partial charge < -0.3 is 9.73 Å². The van der Waals surface area contributed by atoms with Crippen LogP contribution in [0.5, 0.6) is 0 Å². The van der Waals surface area contributed by atoms with Gasteiger partial charge in [-0.15, -0.1) is 0 Å². The summed E-state index contributed by atoms with van der Waals surface area (Å²) in [5, 5.41) is 2.84. The Morgan fingerprint density at radius 2 is 1.89 bits per heavy atom. The largest absolute Gasteiger partial charge is 0.440 e. The lowest BCUT2D eigenvalue weighted by Crippen LogP contribution is -2.26. The number of amides is 1. The normalized spacial score (nSPS) is 12.1. The molecule has 0 radical (unpaired) electrons. The number of carbonyl (C=O) groups is 2. The van der Waals surface area contributed by atoms with E-state index in [9.17, 15) is 9.59 Å². The van der Waals surface area contributed by atoms with E-state index in [1.54, 1.807) is 6.07 Å². The molecule has 3 rings (SSSR count). The van der Waals surface area contributed by atoms with Crippen molar-refractivity contribution >= 4 is 28.5 Å². The molecule has 0 fully saturated rings. The Labute approximate surface area is 158 Å². The molecule has 3 aromatic rings. The first-order valence-corrected chi connectivity index (χ1v) is 9.33. The molecule has 27 heavy (non-hydrogen) atoms. The van der Waals surface area contributed by atoms with Gasteiger partial charge in [0, 0.05) is 5.69 Å². The van der Waals surface area contributed by atoms with Gasteiger partial charge in [0.1, 0.15) is 5.52 Å². The summed E-state index contributed by atoms with van der Waals surface area (Å²) in [5.74, 6) is -0.661. The Morgan fingerprint density at radius 1 is 1.11 bits per heavy atom. The maximum atomic E-state index is 12.5. The van der Waals surface area contributed by atoms with Gasteiger partial charge in [-0.25, -0.2) is 4.98 Å². The number of oxazole rings is 1. The van der Waals surface area contributed by atoms with E-state index >= 15 is 0 Å². The summed E-state index contributed by atoms with van der Waals surface area (Å²) in [7, 11) is 0. The third-order valence-corrected chi connectivity index (χ3v) is 4.85. The molecule has 2 aromatic carbocycles. The minimum Gasteiger partial charge on any atom is -0.440 e. The van der Waals surface area contributed by atoms with Gasteiger partial charge in [-0.05, 0) is 42.0 Å². The van der Waals surface area contributed by atoms with Crippen LogP contribution in [0, 0.1) is 0 Å². The number of benzene rings is 2. The molecule has 1 N–H and O–H groups in total. The number of anilines is 1. The second kappa shape index (κ2) is 8.16. The minimum atomic E-state index is -0.636. The maximum Gasteiger partial charge on any atom is 0.292 e. The van der Waals surface area contributed by atoms with Gasteiger partial charge in [0.05, 0.1) is 6.42 Å². The van der Waals surface area contributed by atoms with Crippen molar-refractivity contribution in [2.45, 2.75) is 46.0 Å². The van der Waals surface area contributed by atoms with E-state index in [0.717, 1.165) is 29.7 Å². The van der Waals surface area contributed by atoms with Crippen molar-refractivity contribution in [1.82, 2.24) is 4.98 Å². The quantitative estimate of drug-likeness (QED) is 0.619. The van der Waals surface area contributed by atoms with E-state index < -0.39 is 11.7 Å². The van der Waals surface area contributed by atoms with Gasteiger partial charge in [-0.3, -0.25) is 9.59 Å². The third kappa shape index (κ3) is 4.08. The van der Waals surface area contributed by atoms with E-state index in [1.165, 1.54) is 0 Å². The molecule has 5 heteroatoms. The molecule has 0 aliphatic carbocycles. The van der Waals surface area contributed by atoms with Crippen LogP contribution in [0.4, 0.5) is 5.69 Å². The lowest BCUT2D eigenvalue weighted by Gasteiger charge is -2.18. The molecule has 0 aliphatic rings. The van der Waals surface area contributed by atoms with Crippen LogP contribution >= 0.6 is 0 Å². The standard InChI is InChI=1S/C22H24N2O3/c1-4-14(3)16-10-8-9-15(5-2)21(16)24-22(26)18(25)13-20-23-17-11-6-7-12-19(17)27-20/h6-12,14H,4-5,13H2,1-3H3,(H,24,26)/t14-/m0/s1. The average molecular weight is 364 g/mol.